The monoisotopic (exact) mass is 360 g/mol. The van der Waals surface area contributed by atoms with E-state index in [1.54, 1.807) is 36.5 Å². The van der Waals surface area contributed by atoms with Gasteiger partial charge in [0, 0.05) is 21.5 Å². The van der Waals surface area contributed by atoms with Crippen LogP contribution in [-0.2, 0) is 9.53 Å². The van der Waals surface area contributed by atoms with Crippen molar-refractivity contribution in [3.05, 3.63) is 75.8 Å². The minimum absolute atomic E-state index is 0.254. The molecule has 1 aliphatic rings. The van der Waals surface area contributed by atoms with E-state index < -0.39 is 11.9 Å². The third-order valence-corrected chi connectivity index (χ3v) is 4.12. The number of furan rings is 1. The quantitative estimate of drug-likeness (QED) is 0.654. The molecule has 1 unspecified atom stereocenters. The second kappa shape index (κ2) is 6.83. The van der Waals surface area contributed by atoms with Crippen LogP contribution in [0.15, 0.2) is 59.1 Å². The van der Waals surface area contributed by atoms with Crippen molar-refractivity contribution in [3.8, 4) is 6.26 Å². The molecule has 1 atom stereocenters. The van der Waals surface area contributed by atoms with Gasteiger partial charge in [-0.3, -0.25) is 0 Å². The van der Waals surface area contributed by atoms with Gasteiger partial charge in [-0.1, -0.05) is 35.3 Å². The zero-order chi connectivity index (χ0) is 17.1. The summed E-state index contributed by atoms with van der Waals surface area (Å²) in [6.07, 6.45) is 7.84. The number of halogens is 2. The average molecular weight is 361 g/mol. The highest BCUT2D eigenvalue weighted by Gasteiger charge is 2.31. The Morgan fingerprint density at radius 1 is 1.33 bits per heavy atom. The SMILES string of the molecule is N#COC(=O)C1=C(c2ccoc2)NC=CC1c1ccc(Cl)cc1Cl. The number of benzene rings is 1. The summed E-state index contributed by atoms with van der Waals surface area (Å²) < 4.78 is 9.64. The molecule has 0 saturated carbocycles. The van der Waals surface area contributed by atoms with Crippen molar-refractivity contribution in [2.45, 2.75) is 5.92 Å². The summed E-state index contributed by atoms with van der Waals surface area (Å²) in [5.41, 5.74) is 2.07. The lowest BCUT2D eigenvalue weighted by Gasteiger charge is -2.24. The zero-order valence-electron chi connectivity index (χ0n) is 12.1. The van der Waals surface area contributed by atoms with Crippen LogP contribution < -0.4 is 5.32 Å². The van der Waals surface area contributed by atoms with E-state index in [0.717, 1.165) is 0 Å². The van der Waals surface area contributed by atoms with Gasteiger partial charge in [-0.15, -0.1) is 5.26 Å². The van der Waals surface area contributed by atoms with Crippen LogP contribution >= 0.6 is 23.2 Å². The molecule has 0 fully saturated rings. The lowest BCUT2D eigenvalue weighted by Crippen LogP contribution is -2.22. The number of carbonyl (C=O) groups excluding carboxylic acids is 1. The van der Waals surface area contributed by atoms with E-state index in [9.17, 15) is 4.79 Å². The molecule has 1 aromatic carbocycles. The topological polar surface area (TPSA) is 75.3 Å². The number of nitrogens with one attached hydrogen (secondary N) is 1. The van der Waals surface area contributed by atoms with Crippen molar-refractivity contribution in [2.75, 3.05) is 0 Å². The van der Waals surface area contributed by atoms with E-state index in [2.05, 4.69) is 10.1 Å². The number of ether oxygens (including phenoxy) is 1. The molecule has 0 saturated heterocycles. The maximum absolute atomic E-state index is 12.4. The minimum atomic E-state index is -0.762. The normalized spacial score (nSPS) is 16.5. The van der Waals surface area contributed by atoms with Gasteiger partial charge in [0.15, 0.2) is 0 Å². The lowest BCUT2D eigenvalue weighted by molar-refractivity contribution is -0.132. The van der Waals surface area contributed by atoms with Gasteiger partial charge in [0.05, 0.1) is 23.8 Å². The van der Waals surface area contributed by atoms with Gasteiger partial charge in [-0.2, -0.15) is 0 Å². The molecule has 0 spiro atoms. The van der Waals surface area contributed by atoms with E-state index in [-0.39, 0.29) is 5.57 Å². The van der Waals surface area contributed by atoms with Crippen LogP contribution in [0.4, 0.5) is 0 Å². The Hall–Kier alpha value is -2.68. The fourth-order valence-electron chi connectivity index (χ4n) is 2.54. The Kier molecular flexibility index (Phi) is 4.61. The predicted octanol–water partition coefficient (Wildman–Crippen LogP) is 4.22. The maximum atomic E-state index is 12.4. The van der Waals surface area contributed by atoms with Crippen LogP contribution in [0.2, 0.25) is 10.0 Å². The summed E-state index contributed by atoms with van der Waals surface area (Å²) in [6.45, 7) is 0. The molecular formula is C17H10Cl2N2O3. The van der Waals surface area contributed by atoms with Crippen LogP contribution in [0.25, 0.3) is 5.70 Å². The van der Waals surface area contributed by atoms with Crippen molar-refractivity contribution in [1.29, 1.82) is 5.26 Å². The first-order valence-corrected chi connectivity index (χ1v) is 7.62. The van der Waals surface area contributed by atoms with Crippen LogP contribution in [0.5, 0.6) is 0 Å². The standard InChI is InChI=1S/C17H10Cl2N2O3/c18-11-1-2-12(14(19)7-11)13-3-5-21-16(10-4-6-23-8-10)15(13)17(22)24-9-20/h1-8,13,21H. The van der Waals surface area contributed by atoms with E-state index >= 15 is 0 Å². The number of carbonyl (C=O) groups is 1. The van der Waals surface area contributed by atoms with Crippen LogP contribution in [-0.4, -0.2) is 5.97 Å². The highest BCUT2D eigenvalue weighted by molar-refractivity contribution is 6.35. The molecule has 5 nitrogen and oxygen atoms in total. The number of nitriles is 1. The second-order valence-corrected chi connectivity index (χ2v) is 5.77. The van der Waals surface area contributed by atoms with Gasteiger partial charge < -0.3 is 14.5 Å². The molecule has 0 aliphatic carbocycles. The Balaban J connectivity index is 2.16. The van der Waals surface area contributed by atoms with Gasteiger partial charge >= 0.3 is 5.97 Å². The molecule has 120 valence electrons. The third-order valence-electron chi connectivity index (χ3n) is 3.56. The van der Waals surface area contributed by atoms with Crippen LogP contribution in [0.1, 0.15) is 17.0 Å². The van der Waals surface area contributed by atoms with E-state index in [1.807, 2.05) is 0 Å². The molecule has 7 heteroatoms. The molecule has 0 amide bonds. The first-order chi connectivity index (χ1) is 11.6. The molecule has 24 heavy (non-hydrogen) atoms. The molecule has 0 radical (unpaired) electrons. The van der Waals surface area contributed by atoms with Crippen molar-refractivity contribution in [3.63, 3.8) is 0 Å². The fraction of sp³-hybridized carbons (Fsp3) is 0.0588. The minimum Gasteiger partial charge on any atom is -0.472 e. The first kappa shape index (κ1) is 16.2. The van der Waals surface area contributed by atoms with E-state index in [1.165, 1.54) is 18.8 Å². The highest BCUT2D eigenvalue weighted by atomic mass is 35.5. The van der Waals surface area contributed by atoms with Gasteiger partial charge in [0.2, 0.25) is 0 Å². The summed E-state index contributed by atoms with van der Waals surface area (Å²) in [7, 11) is 0. The molecule has 0 bridgehead atoms. The molecule has 3 rings (SSSR count). The Morgan fingerprint density at radius 3 is 2.83 bits per heavy atom. The van der Waals surface area contributed by atoms with Crippen LogP contribution in [0.3, 0.4) is 0 Å². The number of allylic oxidation sites excluding steroid dienone is 1. The number of dihydropyridines is 1. The lowest BCUT2D eigenvalue weighted by atomic mass is 9.86. The molecule has 1 aliphatic heterocycles. The van der Waals surface area contributed by atoms with Crippen molar-refractivity contribution < 1.29 is 13.9 Å². The number of hydrogen-bond acceptors (Lipinski definition) is 5. The largest absolute Gasteiger partial charge is 0.472 e. The van der Waals surface area contributed by atoms with Crippen molar-refractivity contribution in [2.24, 2.45) is 0 Å². The van der Waals surface area contributed by atoms with Crippen molar-refractivity contribution >= 4 is 34.9 Å². The smallest absolute Gasteiger partial charge is 0.352 e. The average Bonchev–Trinajstić information content (AvgIpc) is 3.09. The van der Waals surface area contributed by atoms with Gasteiger partial charge in [0.25, 0.3) is 6.26 Å². The van der Waals surface area contributed by atoms with Gasteiger partial charge in [0.1, 0.15) is 0 Å². The molecule has 1 aromatic heterocycles. The summed E-state index contributed by atoms with van der Waals surface area (Å²) >= 11 is 12.2. The number of nitrogens with zero attached hydrogens (tertiary/aromatic N) is 1. The van der Waals surface area contributed by atoms with Gasteiger partial charge in [-0.05, 0) is 30.0 Å². The summed E-state index contributed by atoms with van der Waals surface area (Å²) in [5.74, 6) is -1.26. The third kappa shape index (κ3) is 3.02. The first-order valence-electron chi connectivity index (χ1n) is 6.87. The Labute approximate surface area is 147 Å². The van der Waals surface area contributed by atoms with E-state index in [0.29, 0.717) is 26.9 Å². The van der Waals surface area contributed by atoms with E-state index in [4.69, 9.17) is 32.9 Å². The maximum Gasteiger partial charge on any atom is 0.352 e. The Bertz CT molecular complexity index is 880. The predicted molar refractivity (Wildman–Crippen MR) is 88.8 cm³/mol. The van der Waals surface area contributed by atoms with Gasteiger partial charge in [-0.25, -0.2) is 4.79 Å². The fourth-order valence-corrected chi connectivity index (χ4v) is 3.07. The highest BCUT2D eigenvalue weighted by Crippen LogP contribution is 2.38. The summed E-state index contributed by atoms with van der Waals surface area (Å²) in [4.78, 5) is 12.4. The molecule has 1 N–H and O–H groups in total. The van der Waals surface area contributed by atoms with Crippen molar-refractivity contribution in [1.82, 2.24) is 5.32 Å². The molecular weight excluding hydrogens is 351 g/mol. The number of rotatable bonds is 3. The number of hydrogen-bond donors (Lipinski definition) is 1. The summed E-state index contributed by atoms with van der Waals surface area (Å²) in [6, 6.07) is 6.71. The molecule has 2 heterocycles. The number of esters is 1. The Morgan fingerprint density at radius 2 is 2.17 bits per heavy atom. The van der Waals surface area contributed by atoms with Crippen LogP contribution in [0, 0.1) is 11.5 Å². The zero-order valence-corrected chi connectivity index (χ0v) is 13.6. The summed E-state index contributed by atoms with van der Waals surface area (Å²) in [5, 5.41) is 12.6. The molecule has 2 aromatic rings. The second-order valence-electron chi connectivity index (χ2n) is 4.93.